The highest BCUT2D eigenvalue weighted by molar-refractivity contribution is 5.89. The van der Waals surface area contributed by atoms with Crippen molar-refractivity contribution in [3.8, 4) is 0 Å². The summed E-state index contributed by atoms with van der Waals surface area (Å²) in [6, 6.07) is 16.4. The molecule has 3 aromatic rings. The van der Waals surface area contributed by atoms with Crippen molar-refractivity contribution in [2.24, 2.45) is 0 Å². The van der Waals surface area contributed by atoms with E-state index in [1.807, 2.05) is 0 Å². The third kappa shape index (κ3) is 2.76. The van der Waals surface area contributed by atoms with Gasteiger partial charge in [0, 0.05) is 24.2 Å². The Morgan fingerprint density at radius 2 is 1.81 bits per heavy atom. The zero-order valence-electron chi connectivity index (χ0n) is 15.4. The zero-order chi connectivity index (χ0) is 16.8. The second-order valence-electron chi connectivity index (χ2n) is 7.69. The summed E-state index contributed by atoms with van der Waals surface area (Å²) in [6.07, 6.45) is 6.33. The molecule has 0 spiro atoms. The molecule has 136 valence electrons. The second kappa shape index (κ2) is 7.09. The number of nitrogens with one attached hydrogen (secondary N) is 1. The molecule has 1 unspecified atom stereocenters. The molecule has 1 N–H and O–H groups in total. The van der Waals surface area contributed by atoms with Crippen LogP contribution in [-0.4, -0.2) is 11.1 Å². The fraction of sp³-hybridized carbons (Fsp3) is 0.391. The number of nitrogens with zero attached hydrogens (tertiary/aromatic N) is 1. The fourth-order valence-corrected chi connectivity index (χ4v) is 4.84. The number of rotatable bonds is 1. The topological polar surface area (TPSA) is 17.0 Å². The SMILES string of the molecule is Cc1ccc(C2NCCc3c2n2c4c(cccc34)CCCCC2)cc1.Cl. The molecular formula is C23H27ClN2. The number of halogens is 1. The minimum atomic E-state index is 0. The molecule has 1 aromatic heterocycles. The van der Waals surface area contributed by atoms with Crippen LogP contribution in [0.3, 0.4) is 0 Å². The second-order valence-corrected chi connectivity index (χ2v) is 7.69. The van der Waals surface area contributed by atoms with E-state index in [1.54, 1.807) is 11.1 Å². The molecule has 0 aliphatic carbocycles. The van der Waals surface area contributed by atoms with E-state index in [-0.39, 0.29) is 12.4 Å². The highest BCUT2D eigenvalue weighted by Gasteiger charge is 2.29. The summed E-state index contributed by atoms with van der Waals surface area (Å²) in [7, 11) is 0. The first-order chi connectivity index (χ1) is 12.3. The first-order valence-corrected chi connectivity index (χ1v) is 9.76. The third-order valence-corrected chi connectivity index (χ3v) is 6.05. The molecule has 0 saturated carbocycles. The average molecular weight is 367 g/mol. The maximum atomic E-state index is 3.81. The van der Waals surface area contributed by atoms with Crippen molar-refractivity contribution in [3.63, 3.8) is 0 Å². The highest BCUT2D eigenvalue weighted by Crippen LogP contribution is 2.39. The number of fused-ring (bicyclic) bond motifs is 3. The molecule has 3 heteroatoms. The highest BCUT2D eigenvalue weighted by atomic mass is 35.5. The summed E-state index contributed by atoms with van der Waals surface area (Å²) in [6.45, 7) is 4.39. The number of benzene rings is 2. The van der Waals surface area contributed by atoms with E-state index >= 15 is 0 Å². The molecule has 0 amide bonds. The summed E-state index contributed by atoms with van der Waals surface area (Å²) < 4.78 is 2.66. The fourth-order valence-electron chi connectivity index (χ4n) is 4.84. The lowest BCUT2D eigenvalue weighted by Gasteiger charge is -2.28. The van der Waals surface area contributed by atoms with Gasteiger partial charge in [0.2, 0.25) is 0 Å². The molecule has 0 bridgehead atoms. The van der Waals surface area contributed by atoms with Crippen molar-refractivity contribution >= 4 is 23.3 Å². The summed E-state index contributed by atoms with van der Waals surface area (Å²) in [5.41, 5.74) is 8.91. The average Bonchev–Trinajstić information content (AvgIpc) is 2.94. The van der Waals surface area contributed by atoms with E-state index in [0.29, 0.717) is 6.04 Å². The smallest absolute Gasteiger partial charge is 0.0734 e. The zero-order valence-corrected chi connectivity index (χ0v) is 16.2. The minimum Gasteiger partial charge on any atom is -0.342 e. The van der Waals surface area contributed by atoms with Crippen LogP contribution in [0.15, 0.2) is 42.5 Å². The Kier molecular flexibility index (Phi) is 4.81. The van der Waals surface area contributed by atoms with Crippen molar-refractivity contribution in [1.29, 1.82) is 0 Å². The summed E-state index contributed by atoms with van der Waals surface area (Å²) in [5.74, 6) is 0. The van der Waals surface area contributed by atoms with Gasteiger partial charge in [-0.25, -0.2) is 0 Å². The van der Waals surface area contributed by atoms with Gasteiger partial charge in [-0.3, -0.25) is 0 Å². The van der Waals surface area contributed by atoms with Gasteiger partial charge < -0.3 is 9.88 Å². The number of hydrogen-bond acceptors (Lipinski definition) is 1. The van der Waals surface area contributed by atoms with Crippen molar-refractivity contribution in [3.05, 3.63) is 70.4 Å². The van der Waals surface area contributed by atoms with Crippen LogP contribution in [0.4, 0.5) is 0 Å². The van der Waals surface area contributed by atoms with Crippen LogP contribution in [-0.2, 0) is 19.4 Å². The molecule has 0 radical (unpaired) electrons. The molecule has 3 heterocycles. The van der Waals surface area contributed by atoms with Crippen LogP contribution in [0.1, 0.15) is 53.3 Å². The van der Waals surface area contributed by atoms with Gasteiger partial charge in [-0.05, 0) is 49.3 Å². The van der Waals surface area contributed by atoms with Crippen LogP contribution < -0.4 is 5.32 Å². The minimum absolute atomic E-state index is 0. The van der Waals surface area contributed by atoms with E-state index in [4.69, 9.17) is 0 Å². The molecule has 0 saturated heterocycles. The Bertz CT molecular complexity index is 924. The largest absolute Gasteiger partial charge is 0.342 e. The Labute approximate surface area is 162 Å². The quantitative estimate of drug-likeness (QED) is 0.615. The predicted octanol–water partition coefficient (Wildman–Crippen LogP) is 5.33. The Morgan fingerprint density at radius 3 is 2.65 bits per heavy atom. The van der Waals surface area contributed by atoms with Crippen molar-refractivity contribution in [1.82, 2.24) is 9.88 Å². The normalized spacial score (nSPS) is 19.3. The molecule has 2 nitrogen and oxygen atoms in total. The van der Waals surface area contributed by atoms with Gasteiger partial charge in [-0.2, -0.15) is 0 Å². The maximum absolute atomic E-state index is 3.81. The van der Waals surface area contributed by atoms with Gasteiger partial charge in [0.1, 0.15) is 0 Å². The van der Waals surface area contributed by atoms with Crippen molar-refractivity contribution in [2.75, 3.05) is 6.54 Å². The van der Waals surface area contributed by atoms with E-state index in [2.05, 4.69) is 59.3 Å². The lowest BCUT2D eigenvalue weighted by molar-refractivity contribution is 0.503. The molecule has 0 fully saturated rings. The van der Waals surface area contributed by atoms with E-state index in [0.717, 1.165) is 19.5 Å². The first-order valence-electron chi connectivity index (χ1n) is 9.76. The van der Waals surface area contributed by atoms with Gasteiger partial charge in [-0.1, -0.05) is 54.4 Å². The predicted molar refractivity (Wildman–Crippen MR) is 111 cm³/mol. The van der Waals surface area contributed by atoms with Gasteiger partial charge >= 0.3 is 0 Å². The van der Waals surface area contributed by atoms with E-state index in [9.17, 15) is 0 Å². The van der Waals surface area contributed by atoms with Gasteiger partial charge in [0.15, 0.2) is 0 Å². The van der Waals surface area contributed by atoms with E-state index in [1.165, 1.54) is 53.4 Å². The molecule has 2 aliphatic rings. The van der Waals surface area contributed by atoms with Crippen LogP contribution in [0.5, 0.6) is 0 Å². The lowest BCUT2D eigenvalue weighted by atomic mass is 9.93. The Morgan fingerprint density at radius 1 is 0.962 bits per heavy atom. The van der Waals surface area contributed by atoms with Gasteiger partial charge in [0.25, 0.3) is 0 Å². The molecule has 5 rings (SSSR count). The van der Waals surface area contributed by atoms with Gasteiger partial charge in [0.05, 0.1) is 11.6 Å². The standard InChI is InChI=1S/C23H26N2.ClH/c1-16-9-11-17(12-10-16)21-23-20(13-14-24-21)19-8-5-7-18-6-3-2-4-15-25(23)22(18)19;/h5,7-12,21,24H,2-4,6,13-15H2,1H3;1H. The Balaban J connectivity index is 0.00000168. The van der Waals surface area contributed by atoms with Crippen LogP contribution in [0.2, 0.25) is 0 Å². The van der Waals surface area contributed by atoms with Crippen LogP contribution >= 0.6 is 12.4 Å². The summed E-state index contributed by atoms with van der Waals surface area (Å²) >= 11 is 0. The van der Waals surface area contributed by atoms with Gasteiger partial charge in [-0.15, -0.1) is 12.4 Å². The number of aromatic nitrogens is 1. The Hall–Kier alpha value is -1.77. The molecular weight excluding hydrogens is 340 g/mol. The van der Waals surface area contributed by atoms with Crippen molar-refractivity contribution < 1.29 is 0 Å². The molecule has 2 aromatic carbocycles. The summed E-state index contributed by atoms with van der Waals surface area (Å²) in [4.78, 5) is 0. The maximum Gasteiger partial charge on any atom is 0.0734 e. The molecule has 2 aliphatic heterocycles. The number of aryl methyl sites for hydroxylation is 3. The number of para-hydroxylation sites is 1. The van der Waals surface area contributed by atoms with Crippen molar-refractivity contribution in [2.45, 2.75) is 51.6 Å². The van der Waals surface area contributed by atoms with E-state index < -0.39 is 0 Å². The lowest BCUT2D eigenvalue weighted by Crippen LogP contribution is -2.32. The first kappa shape index (κ1) is 17.6. The number of hydrogen-bond donors (Lipinski definition) is 1. The molecule has 1 atom stereocenters. The summed E-state index contributed by atoms with van der Waals surface area (Å²) in [5, 5.41) is 5.31. The third-order valence-electron chi connectivity index (χ3n) is 6.05. The van der Waals surface area contributed by atoms with Crippen LogP contribution in [0.25, 0.3) is 10.9 Å². The monoisotopic (exact) mass is 366 g/mol. The van der Waals surface area contributed by atoms with Crippen LogP contribution in [0, 0.1) is 6.92 Å². The molecule has 26 heavy (non-hydrogen) atoms.